The molecule has 200 valence electrons. The third-order valence-electron chi connectivity index (χ3n) is 5.62. The molecular formula is C29H40N4O4. The van der Waals surface area contributed by atoms with Crippen molar-refractivity contribution in [2.24, 2.45) is 0 Å². The molecule has 2 aromatic carbocycles. The normalized spacial score (nSPS) is 10.4. The minimum atomic E-state index is -0.0514. The predicted molar refractivity (Wildman–Crippen MR) is 150 cm³/mol. The maximum absolute atomic E-state index is 12.2. The summed E-state index contributed by atoms with van der Waals surface area (Å²) < 4.78 is 0. The first kappa shape index (κ1) is 29.5. The summed E-state index contributed by atoms with van der Waals surface area (Å²) >= 11 is 0. The quantitative estimate of drug-likeness (QED) is 0.194. The number of anilines is 4. The third kappa shape index (κ3) is 12.7. The summed E-state index contributed by atoms with van der Waals surface area (Å²) in [5.41, 5.74) is 2.68. The maximum Gasteiger partial charge on any atom is 0.224 e. The molecule has 0 aromatic heterocycles. The van der Waals surface area contributed by atoms with Crippen molar-refractivity contribution in [2.45, 2.75) is 84.5 Å². The lowest BCUT2D eigenvalue weighted by Gasteiger charge is -2.09. The number of rotatable bonds is 16. The fraction of sp³-hybridized carbons (Fsp3) is 0.448. The number of hydrogen-bond acceptors (Lipinski definition) is 4. The highest BCUT2D eigenvalue weighted by Gasteiger charge is 2.07. The van der Waals surface area contributed by atoms with Crippen LogP contribution in [0.4, 0.5) is 22.7 Å². The van der Waals surface area contributed by atoms with E-state index < -0.39 is 0 Å². The Labute approximate surface area is 220 Å². The van der Waals surface area contributed by atoms with Crippen LogP contribution in [0.25, 0.3) is 0 Å². The van der Waals surface area contributed by atoms with E-state index in [9.17, 15) is 19.2 Å². The first-order valence-electron chi connectivity index (χ1n) is 13.3. The lowest BCUT2D eigenvalue weighted by atomic mass is 10.1. The lowest BCUT2D eigenvalue weighted by molar-refractivity contribution is -0.117. The molecule has 4 amide bonds. The Kier molecular flexibility index (Phi) is 13.5. The first-order chi connectivity index (χ1) is 17.9. The monoisotopic (exact) mass is 508 g/mol. The number of hydrogen-bond donors (Lipinski definition) is 4. The molecule has 2 rings (SSSR count). The van der Waals surface area contributed by atoms with Crippen molar-refractivity contribution in [3.05, 3.63) is 48.5 Å². The van der Waals surface area contributed by atoms with Gasteiger partial charge in [-0.15, -0.1) is 0 Å². The van der Waals surface area contributed by atoms with Gasteiger partial charge in [-0.25, -0.2) is 0 Å². The van der Waals surface area contributed by atoms with Crippen LogP contribution in [-0.4, -0.2) is 23.6 Å². The summed E-state index contributed by atoms with van der Waals surface area (Å²) in [6.45, 7) is 3.90. The average molecular weight is 509 g/mol. The fourth-order valence-corrected chi connectivity index (χ4v) is 3.80. The molecule has 0 heterocycles. The van der Waals surface area contributed by atoms with Crippen LogP contribution in [0.3, 0.4) is 0 Å². The van der Waals surface area contributed by atoms with Gasteiger partial charge in [-0.3, -0.25) is 19.2 Å². The number of benzene rings is 2. The second-order valence-corrected chi connectivity index (χ2v) is 9.12. The Hall–Kier alpha value is -3.68. The highest BCUT2D eigenvalue weighted by Crippen LogP contribution is 2.18. The van der Waals surface area contributed by atoms with Crippen molar-refractivity contribution in [3.63, 3.8) is 0 Å². The van der Waals surface area contributed by atoms with Gasteiger partial charge in [0.05, 0.1) is 0 Å². The van der Waals surface area contributed by atoms with Gasteiger partial charge in [-0.1, -0.05) is 45.2 Å². The van der Waals surface area contributed by atoms with E-state index in [-0.39, 0.29) is 23.6 Å². The Morgan fingerprint density at radius 1 is 0.486 bits per heavy atom. The minimum absolute atomic E-state index is 0.0366. The molecule has 37 heavy (non-hydrogen) atoms. The molecule has 8 nitrogen and oxygen atoms in total. The van der Waals surface area contributed by atoms with Gasteiger partial charge < -0.3 is 21.3 Å². The van der Waals surface area contributed by atoms with Gasteiger partial charge in [0.15, 0.2) is 0 Å². The Morgan fingerprint density at radius 2 is 0.784 bits per heavy atom. The Morgan fingerprint density at radius 3 is 1.11 bits per heavy atom. The zero-order valence-electron chi connectivity index (χ0n) is 22.0. The van der Waals surface area contributed by atoms with Gasteiger partial charge in [0, 0.05) is 48.4 Å². The highest BCUT2D eigenvalue weighted by atomic mass is 16.2. The van der Waals surface area contributed by atoms with Gasteiger partial charge in [-0.2, -0.15) is 0 Å². The van der Waals surface area contributed by atoms with E-state index in [4.69, 9.17) is 0 Å². The molecule has 0 atom stereocenters. The molecule has 0 saturated heterocycles. The van der Waals surface area contributed by atoms with E-state index in [1.807, 2.05) is 13.8 Å². The smallest absolute Gasteiger partial charge is 0.224 e. The summed E-state index contributed by atoms with van der Waals surface area (Å²) in [6.07, 6.45) is 7.71. The van der Waals surface area contributed by atoms with Crippen LogP contribution < -0.4 is 21.3 Å². The molecule has 0 unspecified atom stereocenters. The molecule has 0 aliphatic rings. The van der Waals surface area contributed by atoms with Crippen molar-refractivity contribution < 1.29 is 19.2 Å². The van der Waals surface area contributed by atoms with E-state index >= 15 is 0 Å². The molecular weight excluding hydrogens is 468 g/mol. The summed E-state index contributed by atoms with van der Waals surface area (Å²) in [4.78, 5) is 48.0. The number of amides is 4. The van der Waals surface area contributed by atoms with E-state index in [2.05, 4.69) is 21.3 Å². The number of unbranched alkanes of at least 4 members (excludes halogenated alkanes) is 4. The summed E-state index contributed by atoms with van der Waals surface area (Å²) in [5.74, 6) is -0.176. The van der Waals surface area contributed by atoms with Crippen LogP contribution in [0.1, 0.15) is 84.5 Å². The maximum atomic E-state index is 12.2. The van der Waals surface area contributed by atoms with Crippen molar-refractivity contribution in [1.29, 1.82) is 0 Å². The summed E-state index contributed by atoms with van der Waals surface area (Å²) in [7, 11) is 0. The van der Waals surface area contributed by atoms with Gasteiger partial charge in [0.25, 0.3) is 0 Å². The SMILES string of the molecule is CCCC(=O)Nc1cccc(NC(=O)CCCCCCCC(=O)Nc2cccc(NC(=O)CCC)c2)c1. The predicted octanol–water partition coefficient (Wildman–Crippen LogP) is 6.47. The molecule has 8 heteroatoms. The van der Waals surface area contributed by atoms with Crippen LogP contribution in [0.5, 0.6) is 0 Å². The zero-order valence-corrected chi connectivity index (χ0v) is 22.0. The molecule has 0 radical (unpaired) electrons. The van der Waals surface area contributed by atoms with Crippen molar-refractivity contribution in [3.8, 4) is 0 Å². The average Bonchev–Trinajstić information content (AvgIpc) is 2.84. The van der Waals surface area contributed by atoms with Gasteiger partial charge in [0.1, 0.15) is 0 Å². The third-order valence-corrected chi connectivity index (χ3v) is 5.62. The standard InChI is InChI=1S/C29H40N4O4/c1-3-12-26(34)30-22-14-10-16-24(20-22)32-28(36)18-8-6-5-7-9-19-29(37)33-25-17-11-15-23(21-25)31-27(35)13-4-2/h10-11,14-17,20-21H,3-9,12-13,18-19H2,1-2H3,(H,30,34)(H,31,35)(H,32,36)(H,33,37). The second kappa shape index (κ2) is 16.9. The van der Waals surface area contributed by atoms with Crippen LogP contribution in [0.2, 0.25) is 0 Å². The Balaban J connectivity index is 1.58. The molecule has 0 bridgehead atoms. The van der Waals surface area contributed by atoms with Crippen molar-refractivity contribution >= 4 is 46.4 Å². The van der Waals surface area contributed by atoms with E-state index in [0.29, 0.717) is 48.4 Å². The molecule has 0 aliphatic carbocycles. The van der Waals surface area contributed by atoms with Crippen LogP contribution in [0, 0.1) is 0 Å². The summed E-state index contributed by atoms with van der Waals surface area (Å²) in [5, 5.41) is 11.4. The van der Waals surface area contributed by atoms with Crippen molar-refractivity contribution in [2.75, 3.05) is 21.3 Å². The second-order valence-electron chi connectivity index (χ2n) is 9.12. The molecule has 0 saturated carbocycles. The zero-order chi connectivity index (χ0) is 26.9. The highest BCUT2D eigenvalue weighted by molar-refractivity contribution is 5.95. The van der Waals surface area contributed by atoms with E-state index in [1.165, 1.54) is 0 Å². The molecule has 0 spiro atoms. The molecule has 0 fully saturated rings. The van der Waals surface area contributed by atoms with Crippen LogP contribution >= 0.6 is 0 Å². The van der Waals surface area contributed by atoms with E-state index in [1.54, 1.807) is 48.5 Å². The van der Waals surface area contributed by atoms with Crippen molar-refractivity contribution in [1.82, 2.24) is 0 Å². The summed E-state index contributed by atoms with van der Waals surface area (Å²) in [6, 6.07) is 14.3. The fourth-order valence-electron chi connectivity index (χ4n) is 3.80. The lowest BCUT2D eigenvalue weighted by Crippen LogP contribution is -2.13. The minimum Gasteiger partial charge on any atom is -0.326 e. The van der Waals surface area contributed by atoms with Gasteiger partial charge in [-0.05, 0) is 62.1 Å². The largest absolute Gasteiger partial charge is 0.326 e. The van der Waals surface area contributed by atoms with Crippen LogP contribution in [0.15, 0.2) is 48.5 Å². The van der Waals surface area contributed by atoms with E-state index in [0.717, 1.165) is 44.9 Å². The first-order valence-corrected chi connectivity index (χ1v) is 13.3. The van der Waals surface area contributed by atoms with Gasteiger partial charge in [0.2, 0.25) is 23.6 Å². The van der Waals surface area contributed by atoms with Gasteiger partial charge >= 0.3 is 0 Å². The molecule has 4 N–H and O–H groups in total. The number of nitrogens with one attached hydrogen (secondary N) is 4. The molecule has 0 aliphatic heterocycles. The Bertz CT molecular complexity index is 957. The number of carbonyl (C=O) groups is 4. The molecule has 2 aromatic rings. The van der Waals surface area contributed by atoms with Crippen LogP contribution in [-0.2, 0) is 19.2 Å². The number of carbonyl (C=O) groups excluding carboxylic acids is 4. The topological polar surface area (TPSA) is 116 Å².